The Balaban J connectivity index is 2.33. The van der Waals surface area contributed by atoms with E-state index in [1.54, 1.807) is 0 Å². The molecule has 0 amide bonds. The van der Waals surface area contributed by atoms with Gasteiger partial charge in [-0.25, -0.2) is 0 Å². The van der Waals surface area contributed by atoms with Gasteiger partial charge < -0.3 is 5.73 Å². The maximum atomic E-state index is 6.01. The van der Waals surface area contributed by atoms with Crippen molar-refractivity contribution in [2.45, 2.75) is 33.2 Å². The number of likely N-dealkylation sites (tertiary alicyclic amines) is 1. The van der Waals surface area contributed by atoms with Crippen LogP contribution in [0.5, 0.6) is 0 Å². The highest BCUT2D eigenvalue weighted by Crippen LogP contribution is 2.15. The van der Waals surface area contributed by atoms with Crippen LogP contribution in [0, 0.1) is 5.92 Å². The molecule has 0 spiro atoms. The molecule has 2 unspecified atom stereocenters. The highest BCUT2D eigenvalue weighted by atomic mass is 15.1. The first kappa shape index (κ1) is 10.7. The molecule has 1 aliphatic rings. The van der Waals surface area contributed by atoms with Crippen LogP contribution in [0.25, 0.3) is 0 Å². The standard InChI is InChI=1S/C11H22N2/c1-9(2)4-6-13-7-5-10(3)11(12)8-13/h4,10-11H,5-8,12H2,1-3H3. The largest absolute Gasteiger partial charge is 0.326 e. The predicted molar refractivity (Wildman–Crippen MR) is 57.6 cm³/mol. The summed E-state index contributed by atoms with van der Waals surface area (Å²) in [6.45, 7) is 9.88. The van der Waals surface area contributed by atoms with E-state index in [-0.39, 0.29) is 0 Å². The summed E-state index contributed by atoms with van der Waals surface area (Å²) >= 11 is 0. The molecule has 13 heavy (non-hydrogen) atoms. The normalized spacial score (nSPS) is 30.2. The lowest BCUT2D eigenvalue weighted by molar-refractivity contribution is 0.184. The molecule has 1 saturated heterocycles. The Kier molecular flexibility index (Phi) is 3.94. The molecule has 1 fully saturated rings. The third kappa shape index (κ3) is 3.49. The first-order chi connectivity index (χ1) is 6.09. The number of hydrogen-bond donors (Lipinski definition) is 1. The summed E-state index contributed by atoms with van der Waals surface area (Å²) < 4.78 is 0. The average molecular weight is 182 g/mol. The molecule has 0 aromatic carbocycles. The summed E-state index contributed by atoms with van der Waals surface area (Å²) in [5.41, 5.74) is 7.41. The Bertz CT molecular complexity index is 183. The molecule has 0 saturated carbocycles. The van der Waals surface area contributed by atoms with Crippen LogP contribution < -0.4 is 5.73 Å². The molecular weight excluding hydrogens is 160 g/mol. The van der Waals surface area contributed by atoms with E-state index < -0.39 is 0 Å². The predicted octanol–water partition coefficient (Wildman–Crippen LogP) is 1.62. The second-order valence-electron chi connectivity index (χ2n) is 4.47. The number of piperidine rings is 1. The summed E-state index contributed by atoms with van der Waals surface area (Å²) in [7, 11) is 0. The van der Waals surface area contributed by atoms with E-state index in [1.165, 1.54) is 18.5 Å². The minimum Gasteiger partial charge on any atom is -0.326 e. The zero-order chi connectivity index (χ0) is 9.84. The summed E-state index contributed by atoms with van der Waals surface area (Å²) in [6.07, 6.45) is 3.53. The lowest BCUT2D eigenvalue weighted by atomic mass is 9.94. The molecule has 1 aliphatic heterocycles. The van der Waals surface area contributed by atoms with Crippen molar-refractivity contribution in [1.29, 1.82) is 0 Å². The van der Waals surface area contributed by atoms with Gasteiger partial charge in [-0.05, 0) is 32.7 Å². The topological polar surface area (TPSA) is 29.3 Å². The SMILES string of the molecule is CC(C)=CCN1CCC(C)C(N)C1. The molecule has 76 valence electrons. The second kappa shape index (κ2) is 4.77. The molecule has 1 rings (SSSR count). The quantitative estimate of drug-likeness (QED) is 0.658. The second-order valence-corrected chi connectivity index (χ2v) is 4.47. The zero-order valence-corrected chi connectivity index (χ0v) is 9.09. The summed E-state index contributed by atoms with van der Waals surface area (Å²) in [5, 5.41) is 0. The van der Waals surface area contributed by atoms with E-state index in [2.05, 4.69) is 31.7 Å². The maximum absolute atomic E-state index is 6.01. The molecule has 0 aromatic heterocycles. The smallest absolute Gasteiger partial charge is 0.0194 e. The molecule has 0 aliphatic carbocycles. The highest BCUT2D eigenvalue weighted by molar-refractivity contribution is 4.96. The van der Waals surface area contributed by atoms with Gasteiger partial charge in [-0.1, -0.05) is 18.6 Å². The molecule has 2 nitrogen and oxygen atoms in total. The van der Waals surface area contributed by atoms with Gasteiger partial charge in [-0.3, -0.25) is 4.90 Å². The lowest BCUT2D eigenvalue weighted by Crippen LogP contribution is -2.47. The van der Waals surface area contributed by atoms with Crippen molar-refractivity contribution in [2.75, 3.05) is 19.6 Å². The van der Waals surface area contributed by atoms with Crippen LogP contribution in [0.1, 0.15) is 27.2 Å². The fraction of sp³-hybridized carbons (Fsp3) is 0.818. The summed E-state index contributed by atoms with van der Waals surface area (Å²) in [5.74, 6) is 0.697. The van der Waals surface area contributed by atoms with Crippen LogP contribution in [0.4, 0.5) is 0 Å². The van der Waals surface area contributed by atoms with E-state index in [0.29, 0.717) is 12.0 Å². The minimum atomic E-state index is 0.374. The fourth-order valence-electron chi connectivity index (χ4n) is 1.65. The van der Waals surface area contributed by atoms with Gasteiger partial charge in [0, 0.05) is 19.1 Å². The molecular formula is C11H22N2. The Morgan fingerprint density at radius 2 is 2.23 bits per heavy atom. The van der Waals surface area contributed by atoms with Gasteiger partial charge in [0.1, 0.15) is 0 Å². The van der Waals surface area contributed by atoms with Gasteiger partial charge in [0.15, 0.2) is 0 Å². The number of hydrogen-bond acceptors (Lipinski definition) is 2. The Labute approximate surface area is 81.8 Å². The van der Waals surface area contributed by atoms with Crippen molar-refractivity contribution in [3.8, 4) is 0 Å². The number of rotatable bonds is 2. The summed E-state index contributed by atoms with van der Waals surface area (Å²) in [4.78, 5) is 2.44. The zero-order valence-electron chi connectivity index (χ0n) is 9.09. The van der Waals surface area contributed by atoms with Gasteiger partial charge in [0.25, 0.3) is 0 Å². The van der Waals surface area contributed by atoms with Crippen molar-refractivity contribution < 1.29 is 0 Å². The van der Waals surface area contributed by atoms with Crippen molar-refractivity contribution in [1.82, 2.24) is 4.90 Å². The molecule has 0 radical (unpaired) electrons. The van der Waals surface area contributed by atoms with Crippen LogP contribution >= 0.6 is 0 Å². The van der Waals surface area contributed by atoms with Crippen LogP contribution in [0.2, 0.25) is 0 Å². The van der Waals surface area contributed by atoms with E-state index in [1.807, 2.05) is 0 Å². The molecule has 0 bridgehead atoms. The molecule has 2 heteroatoms. The molecule has 1 heterocycles. The van der Waals surface area contributed by atoms with Crippen molar-refractivity contribution >= 4 is 0 Å². The van der Waals surface area contributed by atoms with Crippen molar-refractivity contribution in [3.05, 3.63) is 11.6 Å². The van der Waals surface area contributed by atoms with Gasteiger partial charge in [-0.15, -0.1) is 0 Å². The molecule has 2 atom stereocenters. The Morgan fingerprint density at radius 1 is 1.54 bits per heavy atom. The van der Waals surface area contributed by atoms with Crippen LogP contribution in [-0.4, -0.2) is 30.6 Å². The maximum Gasteiger partial charge on any atom is 0.0194 e. The minimum absolute atomic E-state index is 0.374. The van der Waals surface area contributed by atoms with Crippen molar-refractivity contribution in [2.24, 2.45) is 11.7 Å². The van der Waals surface area contributed by atoms with Crippen molar-refractivity contribution in [3.63, 3.8) is 0 Å². The van der Waals surface area contributed by atoms with E-state index in [4.69, 9.17) is 5.73 Å². The van der Waals surface area contributed by atoms with Gasteiger partial charge >= 0.3 is 0 Å². The third-order valence-electron chi connectivity index (χ3n) is 2.86. The van der Waals surface area contributed by atoms with E-state index >= 15 is 0 Å². The molecule has 0 aromatic rings. The first-order valence-corrected chi connectivity index (χ1v) is 5.21. The average Bonchev–Trinajstić information content (AvgIpc) is 2.07. The Morgan fingerprint density at radius 3 is 2.77 bits per heavy atom. The van der Waals surface area contributed by atoms with Crippen LogP contribution in [-0.2, 0) is 0 Å². The van der Waals surface area contributed by atoms with Crippen LogP contribution in [0.3, 0.4) is 0 Å². The van der Waals surface area contributed by atoms with Gasteiger partial charge in [0.2, 0.25) is 0 Å². The molecule has 2 N–H and O–H groups in total. The highest BCUT2D eigenvalue weighted by Gasteiger charge is 2.21. The van der Waals surface area contributed by atoms with Crippen LogP contribution in [0.15, 0.2) is 11.6 Å². The van der Waals surface area contributed by atoms with E-state index in [9.17, 15) is 0 Å². The summed E-state index contributed by atoms with van der Waals surface area (Å²) in [6, 6.07) is 0.374. The first-order valence-electron chi connectivity index (χ1n) is 5.21. The number of nitrogens with two attached hydrogens (primary N) is 1. The van der Waals surface area contributed by atoms with Gasteiger partial charge in [0.05, 0.1) is 0 Å². The van der Waals surface area contributed by atoms with Gasteiger partial charge in [-0.2, -0.15) is 0 Å². The fourth-order valence-corrected chi connectivity index (χ4v) is 1.65. The third-order valence-corrected chi connectivity index (χ3v) is 2.86. The Hall–Kier alpha value is -0.340. The number of allylic oxidation sites excluding steroid dienone is 1. The monoisotopic (exact) mass is 182 g/mol. The van der Waals surface area contributed by atoms with E-state index in [0.717, 1.165) is 13.1 Å². The number of nitrogens with zero attached hydrogens (tertiary/aromatic N) is 1. The lowest BCUT2D eigenvalue weighted by Gasteiger charge is -2.34.